The van der Waals surface area contributed by atoms with Crippen LogP contribution in [0.3, 0.4) is 0 Å². The third kappa shape index (κ3) is 4.44. The molecule has 0 atom stereocenters. The minimum Gasteiger partial charge on any atom is -0.320 e. The van der Waals surface area contributed by atoms with Gasteiger partial charge in [-0.3, -0.25) is 4.72 Å². The molecule has 0 aliphatic carbocycles. The maximum absolute atomic E-state index is 13.4. The van der Waals surface area contributed by atoms with Crippen LogP contribution >= 0.6 is 11.6 Å². The molecule has 1 aliphatic heterocycles. The fourth-order valence-corrected chi connectivity index (χ4v) is 3.72. The number of carbonyl (C=O) groups is 1. The van der Waals surface area contributed by atoms with Gasteiger partial charge in [0.15, 0.2) is 0 Å². The van der Waals surface area contributed by atoms with Crippen LogP contribution in [0.1, 0.15) is 11.1 Å². The summed E-state index contributed by atoms with van der Waals surface area (Å²) in [6, 6.07) is 8.72. The van der Waals surface area contributed by atoms with Crippen LogP contribution in [-0.2, 0) is 23.0 Å². The van der Waals surface area contributed by atoms with Crippen molar-refractivity contribution in [2.75, 3.05) is 22.8 Å². The molecular weight excluding hydrogens is 381 g/mol. The summed E-state index contributed by atoms with van der Waals surface area (Å²) in [6.45, 7) is 0.730. The number of halogens is 2. The summed E-state index contributed by atoms with van der Waals surface area (Å²) in [5.41, 5.74) is 2.54. The molecule has 0 spiro atoms. The molecule has 0 fully saturated rings. The number of nitrogens with zero attached hydrogens (tertiary/aromatic N) is 1. The number of hydrogen-bond donors (Lipinski definition) is 2. The second kappa shape index (κ2) is 7.13. The van der Waals surface area contributed by atoms with Gasteiger partial charge >= 0.3 is 6.03 Å². The number of fused-ring (bicyclic) bond motifs is 1. The number of sulfonamides is 1. The van der Waals surface area contributed by atoms with E-state index in [2.05, 4.69) is 10.0 Å². The van der Waals surface area contributed by atoms with Gasteiger partial charge in [0.2, 0.25) is 10.0 Å². The first kappa shape index (κ1) is 18.5. The van der Waals surface area contributed by atoms with Crippen molar-refractivity contribution in [2.45, 2.75) is 13.0 Å². The minimum absolute atomic E-state index is 0.195. The summed E-state index contributed by atoms with van der Waals surface area (Å²) >= 11 is 5.80. The summed E-state index contributed by atoms with van der Waals surface area (Å²) < 4.78 is 38.9. The molecule has 1 aliphatic rings. The molecule has 138 valence electrons. The molecule has 0 saturated heterocycles. The third-order valence-corrected chi connectivity index (χ3v) is 4.77. The van der Waals surface area contributed by atoms with E-state index in [9.17, 15) is 17.6 Å². The SMILES string of the molecule is CS(=O)(=O)Nc1cccc2c1CCN(C(=O)Nc1cc(F)cc(Cl)c1)C2. The van der Waals surface area contributed by atoms with Crippen LogP contribution in [0.25, 0.3) is 0 Å². The predicted molar refractivity (Wildman–Crippen MR) is 99.5 cm³/mol. The summed E-state index contributed by atoms with van der Waals surface area (Å²) in [5, 5.41) is 2.82. The van der Waals surface area contributed by atoms with Gasteiger partial charge < -0.3 is 10.2 Å². The Hall–Kier alpha value is -2.32. The number of urea groups is 1. The highest BCUT2D eigenvalue weighted by molar-refractivity contribution is 7.92. The molecule has 0 unspecified atom stereocenters. The molecular formula is C17H17ClFN3O3S. The molecule has 6 nitrogen and oxygen atoms in total. The minimum atomic E-state index is -3.38. The molecule has 0 bridgehead atoms. The van der Waals surface area contributed by atoms with Crippen LogP contribution in [0.4, 0.5) is 20.6 Å². The standard InChI is InChI=1S/C17H17ClFN3O3S/c1-26(24,25)21-16-4-2-3-11-10-22(6-5-15(11)16)17(23)20-14-8-12(18)7-13(19)9-14/h2-4,7-9,21H,5-6,10H2,1H3,(H,20,23). The monoisotopic (exact) mass is 397 g/mol. The third-order valence-electron chi connectivity index (χ3n) is 3.96. The zero-order valence-electron chi connectivity index (χ0n) is 13.9. The van der Waals surface area contributed by atoms with Crippen molar-refractivity contribution in [1.29, 1.82) is 0 Å². The van der Waals surface area contributed by atoms with Gasteiger partial charge in [0.1, 0.15) is 5.82 Å². The molecule has 2 amide bonds. The van der Waals surface area contributed by atoms with Crippen LogP contribution in [-0.4, -0.2) is 32.1 Å². The van der Waals surface area contributed by atoms with E-state index in [-0.39, 0.29) is 16.7 Å². The van der Waals surface area contributed by atoms with E-state index in [0.717, 1.165) is 23.4 Å². The number of hydrogen-bond acceptors (Lipinski definition) is 3. The Bertz CT molecular complexity index is 945. The highest BCUT2D eigenvalue weighted by atomic mass is 35.5. The Morgan fingerprint density at radius 1 is 1.27 bits per heavy atom. The lowest BCUT2D eigenvalue weighted by molar-refractivity contribution is 0.206. The van der Waals surface area contributed by atoms with Gasteiger partial charge in [0, 0.05) is 23.8 Å². The largest absolute Gasteiger partial charge is 0.322 e. The smallest absolute Gasteiger partial charge is 0.320 e. The molecule has 3 rings (SSSR count). The first-order chi connectivity index (χ1) is 12.2. The topological polar surface area (TPSA) is 78.5 Å². The van der Waals surface area contributed by atoms with Crippen molar-refractivity contribution in [3.8, 4) is 0 Å². The fourth-order valence-electron chi connectivity index (χ4n) is 2.91. The van der Waals surface area contributed by atoms with Crippen LogP contribution in [0.5, 0.6) is 0 Å². The summed E-state index contributed by atoms with van der Waals surface area (Å²) in [5.74, 6) is -0.534. The van der Waals surface area contributed by atoms with Crippen molar-refractivity contribution in [3.05, 3.63) is 58.4 Å². The van der Waals surface area contributed by atoms with Crippen LogP contribution in [0, 0.1) is 5.82 Å². The average Bonchev–Trinajstić information content (AvgIpc) is 2.52. The number of anilines is 2. The van der Waals surface area contributed by atoms with Gasteiger partial charge in [0.25, 0.3) is 0 Å². The molecule has 1 heterocycles. The van der Waals surface area contributed by atoms with Crippen LogP contribution in [0.2, 0.25) is 5.02 Å². The molecule has 0 saturated carbocycles. The van der Waals surface area contributed by atoms with Gasteiger partial charge in [-0.1, -0.05) is 23.7 Å². The van der Waals surface area contributed by atoms with Gasteiger partial charge in [-0.05, 0) is 41.8 Å². The van der Waals surface area contributed by atoms with E-state index in [1.54, 1.807) is 17.0 Å². The lowest BCUT2D eigenvalue weighted by Crippen LogP contribution is -2.39. The fraction of sp³-hybridized carbons (Fsp3) is 0.235. The first-order valence-corrected chi connectivity index (χ1v) is 10.1. The van der Waals surface area contributed by atoms with Crippen LogP contribution in [0.15, 0.2) is 36.4 Å². The van der Waals surface area contributed by atoms with E-state index in [4.69, 9.17) is 11.6 Å². The molecule has 26 heavy (non-hydrogen) atoms. The van der Waals surface area contributed by atoms with E-state index in [1.165, 1.54) is 12.1 Å². The van der Waals surface area contributed by atoms with Crippen molar-refractivity contribution >= 4 is 39.0 Å². The van der Waals surface area contributed by atoms with E-state index in [0.29, 0.717) is 25.2 Å². The normalized spacial score (nSPS) is 13.9. The highest BCUT2D eigenvalue weighted by Crippen LogP contribution is 2.27. The second-order valence-corrected chi connectivity index (χ2v) is 8.26. The average molecular weight is 398 g/mol. The molecule has 2 aromatic rings. The number of amides is 2. The molecule has 9 heteroatoms. The van der Waals surface area contributed by atoms with Crippen molar-refractivity contribution in [2.24, 2.45) is 0 Å². The van der Waals surface area contributed by atoms with Crippen LogP contribution < -0.4 is 10.0 Å². The van der Waals surface area contributed by atoms with E-state index < -0.39 is 15.8 Å². The van der Waals surface area contributed by atoms with E-state index >= 15 is 0 Å². The predicted octanol–water partition coefficient (Wildman–Crippen LogP) is 3.44. The quantitative estimate of drug-likeness (QED) is 0.832. The lowest BCUT2D eigenvalue weighted by atomic mass is 9.98. The Morgan fingerprint density at radius 2 is 2.04 bits per heavy atom. The van der Waals surface area contributed by atoms with Gasteiger partial charge in [0.05, 0.1) is 11.9 Å². The Labute approximate surface area is 156 Å². The summed E-state index contributed by atoms with van der Waals surface area (Å²) in [7, 11) is -3.38. The van der Waals surface area contributed by atoms with E-state index in [1.807, 2.05) is 6.07 Å². The highest BCUT2D eigenvalue weighted by Gasteiger charge is 2.23. The van der Waals surface area contributed by atoms with Gasteiger partial charge in [-0.25, -0.2) is 17.6 Å². The van der Waals surface area contributed by atoms with Crippen molar-refractivity contribution < 1.29 is 17.6 Å². The zero-order valence-corrected chi connectivity index (χ0v) is 15.5. The second-order valence-electron chi connectivity index (χ2n) is 6.08. The first-order valence-electron chi connectivity index (χ1n) is 7.82. The zero-order chi connectivity index (χ0) is 18.9. The summed E-state index contributed by atoms with van der Waals surface area (Å²) in [6.07, 6.45) is 1.60. The Kier molecular flexibility index (Phi) is 5.06. The van der Waals surface area contributed by atoms with Crippen molar-refractivity contribution in [1.82, 2.24) is 4.90 Å². The number of rotatable bonds is 3. The lowest BCUT2D eigenvalue weighted by Gasteiger charge is -2.30. The summed E-state index contributed by atoms with van der Waals surface area (Å²) in [4.78, 5) is 14.0. The number of benzene rings is 2. The van der Waals surface area contributed by atoms with Gasteiger partial charge in [-0.15, -0.1) is 0 Å². The molecule has 2 aromatic carbocycles. The maximum atomic E-state index is 13.4. The maximum Gasteiger partial charge on any atom is 0.322 e. The number of carbonyl (C=O) groups excluding carboxylic acids is 1. The molecule has 0 radical (unpaired) electrons. The Balaban J connectivity index is 1.76. The van der Waals surface area contributed by atoms with Crippen molar-refractivity contribution in [3.63, 3.8) is 0 Å². The molecule has 2 N–H and O–H groups in total. The number of nitrogens with one attached hydrogen (secondary N) is 2. The molecule has 0 aromatic heterocycles. The Morgan fingerprint density at radius 3 is 2.73 bits per heavy atom. The van der Waals surface area contributed by atoms with Gasteiger partial charge in [-0.2, -0.15) is 0 Å².